The Morgan fingerprint density at radius 1 is 0.647 bits per heavy atom. The highest BCUT2D eigenvalue weighted by molar-refractivity contribution is 5.77. The van der Waals surface area contributed by atoms with Crippen molar-refractivity contribution >= 4 is 18.1 Å². The first-order valence-corrected chi connectivity index (χ1v) is 29.0. The summed E-state index contributed by atoms with van der Waals surface area (Å²) in [5.41, 5.74) is 3.97. The standard InChI is InChI=1S/C57H111N3O8/c1-4-6-8-10-12-14-16-18-20-22-24-26-28-30-32-36-42-57(43-37-33-31-29-27-25-23-21-19-17-15-13-11-9-7-5-2)67-48-53(68-57)41-45-60(3)44-38-34-35-40-55(64)59-56(50-62,51-65-47-39-46-61)52-66-49-54(58)63/h46,53,62H,4-45,47-52H2,1-3H3,(H2,58,63)(H,59,64). The molecule has 2 unspecified atom stereocenters. The normalized spacial score (nSPS) is 15.6. The van der Waals surface area contributed by atoms with E-state index in [1.54, 1.807) is 0 Å². The minimum Gasteiger partial charge on any atom is -0.394 e. The number of aliphatic hydroxyl groups is 1. The van der Waals surface area contributed by atoms with Crippen LogP contribution in [0.4, 0.5) is 0 Å². The molecule has 402 valence electrons. The van der Waals surface area contributed by atoms with Crippen LogP contribution in [0.1, 0.15) is 271 Å². The minimum absolute atomic E-state index is 0.0530. The Labute approximate surface area is 419 Å². The molecule has 0 aromatic heterocycles. The summed E-state index contributed by atoms with van der Waals surface area (Å²) >= 11 is 0. The molecule has 0 aromatic rings. The van der Waals surface area contributed by atoms with Gasteiger partial charge in [0.05, 0.1) is 39.1 Å². The molecule has 2 amide bonds. The van der Waals surface area contributed by atoms with Crippen molar-refractivity contribution in [2.45, 2.75) is 288 Å². The lowest BCUT2D eigenvalue weighted by Gasteiger charge is -2.32. The fourth-order valence-electron chi connectivity index (χ4n) is 9.70. The molecule has 1 fully saturated rings. The Balaban J connectivity index is 2.43. The van der Waals surface area contributed by atoms with Gasteiger partial charge in [-0.15, -0.1) is 0 Å². The number of hydrogen-bond donors (Lipinski definition) is 3. The van der Waals surface area contributed by atoms with Crippen molar-refractivity contribution in [3.63, 3.8) is 0 Å². The molecule has 0 aromatic carbocycles. The third kappa shape index (κ3) is 38.1. The molecule has 0 saturated carbocycles. The highest BCUT2D eigenvalue weighted by atomic mass is 16.7. The van der Waals surface area contributed by atoms with Crippen molar-refractivity contribution in [2.75, 3.05) is 59.8 Å². The SMILES string of the molecule is CCCCCCCCCCCCCCCCCCC1(CCCCCCCCCCCCCCCCCC)OCC(CCN(C)CCCCCC(=O)NC(CO)(COCCC=O)COCC(N)=O)O1. The lowest BCUT2D eigenvalue weighted by molar-refractivity contribution is -0.180. The third-order valence-electron chi connectivity index (χ3n) is 14.1. The van der Waals surface area contributed by atoms with Gasteiger partial charge in [0.2, 0.25) is 11.8 Å². The lowest BCUT2D eigenvalue weighted by Crippen LogP contribution is -2.58. The molecule has 1 aliphatic heterocycles. The van der Waals surface area contributed by atoms with Crippen LogP contribution in [-0.4, -0.2) is 105 Å². The second-order valence-corrected chi connectivity index (χ2v) is 20.9. The number of nitrogens with two attached hydrogens (primary N) is 1. The molecule has 0 bridgehead atoms. The van der Waals surface area contributed by atoms with Gasteiger partial charge in [0.25, 0.3) is 0 Å². The average Bonchev–Trinajstić information content (AvgIpc) is 3.74. The van der Waals surface area contributed by atoms with Crippen LogP contribution in [0.2, 0.25) is 0 Å². The number of amides is 2. The molecule has 11 heteroatoms. The number of nitrogens with zero attached hydrogens (tertiary/aromatic N) is 1. The zero-order valence-corrected chi connectivity index (χ0v) is 44.9. The van der Waals surface area contributed by atoms with Gasteiger partial charge in [0.1, 0.15) is 18.4 Å². The minimum atomic E-state index is -1.23. The molecular formula is C57H111N3O8. The number of primary amides is 1. The maximum atomic E-state index is 12.9. The third-order valence-corrected chi connectivity index (χ3v) is 14.1. The number of ether oxygens (including phenoxy) is 4. The van der Waals surface area contributed by atoms with Crippen molar-refractivity contribution in [3.05, 3.63) is 0 Å². The second kappa shape index (κ2) is 46.4. The molecule has 2 atom stereocenters. The van der Waals surface area contributed by atoms with Gasteiger partial charge in [-0.1, -0.05) is 213 Å². The monoisotopic (exact) mass is 966 g/mol. The summed E-state index contributed by atoms with van der Waals surface area (Å²) in [6.45, 7) is 6.34. The van der Waals surface area contributed by atoms with Crippen molar-refractivity contribution in [2.24, 2.45) is 5.73 Å². The number of rotatable bonds is 54. The van der Waals surface area contributed by atoms with Gasteiger partial charge in [-0.2, -0.15) is 0 Å². The summed E-state index contributed by atoms with van der Waals surface area (Å²) in [5, 5.41) is 13.0. The van der Waals surface area contributed by atoms with Crippen LogP contribution < -0.4 is 11.1 Å². The van der Waals surface area contributed by atoms with Crippen LogP contribution >= 0.6 is 0 Å². The fraction of sp³-hybridized carbons (Fsp3) is 0.947. The molecule has 1 heterocycles. The summed E-state index contributed by atoms with van der Waals surface area (Å²) < 4.78 is 24.4. The lowest BCUT2D eigenvalue weighted by atomic mass is 9.98. The van der Waals surface area contributed by atoms with Gasteiger partial charge in [0, 0.05) is 32.2 Å². The molecule has 1 rings (SSSR count). The van der Waals surface area contributed by atoms with Crippen molar-refractivity contribution in [1.29, 1.82) is 0 Å². The van der Waals surface area contributed by atoms with E-state index in [9.17, 15) is 19.5 Å². The number of carbonyl (C=O) groups is 3. The van der Waals surface area contributed by atoms with E-state index < -0.39 is 23.8 Å². The highest BCUT2D eigenvalue weighted by Crippen LogP contribution is 2.36. The van der Waals surface area contributed by atoms with Gasteiger partial charge < -0.3 is 44.8 Å². The van der Waals surface area contributed by atoms with E-state index >= 15 is 0 Å². The van der Waals surface area contributed by atoms with Crippen LogP contribution in [0, 0.1) is 0 Å². The van der Waals surface area contributed by atoms with E-state index in [-0.39, 0.29) is 44.9 Å². The summed E-state index contributed by atoms with van der Waals surface area (Å²) in [5.74, 6) is -1.29. The smallest absolute Gasteiger partial charge is 0.243 e. The number of aldehydes is 1. The summed E-state index contributed by atoms with van der Waals surface area (Å²) in [7, 11) is 2.16. The van der Waals surface area contributed by atoms with Gasteiger partial charge in [-0.05, 0) is 45.7 Å². The Bertz CT molecular complexity index is 1110. The predicted molar refractivity (Wildman–Crippen MR) is 282 cm³/mol. The Kier molecular flexibility index (Phi) is 44.0. The number of carbonyl (C=O) groups excluding carboxylic acids is 3. The topological polar surface area (TPSA) is 150 Å². The first-order chi connectivity index (χ1) is 33.2. The van der Waals surface area contributed by atoms with Gasteiger partial charge in [-0.3, -0.25) is 9.59 Å². The van der Waals surface area contributed by atoms with E-state index in [1.165, 1.54) is 205 Å². The Hall–Kier alpha value is -1.63. The number of nitrogens with one attached hydrogen (secondary N) is 1. The van der Waals surface area contributed by atoms with Gasteiger partial charge >= 0.3 is 0 Å². The maximum absolute atomic E-state index is 12.9. The zero-order chi connectivity index (χ0) is 49.5. The van der Waals surface area contributed by atoms with Gasteiger partial charge in [0.15, 0.2) is 5.79 Å². The maximum Gasteiger partial charge on any atom is 0.243 e. The van der Waals surface area contributed by atoms with Crippen LogP contribution in [-0.2, 0) is 33.3 Å². The van der Waals surface area contributed by atoms with E-state index in [4.69, 9.17) is 24.7 Å². The molecule has 0 radical (unpaired) electrons. The summed E-state index contributed by atoms with van der Waals surface area (Å²) in [6.07, 6.45) is 51.0. The largest absolute Gasteiger partial charge is 0.394 e. The summed E-state index contributed by atoms with van der Waals surface area (Å²) in [6, 6.07) is 0. The molecular weight excluding hydrogens is 855 g/mol. The molecule has 1 saturated heterocycles. The number of hydrogen-bond acceptors (Lipinski definition) is 9. The number of unbranched alkanes of at least 4 members (excludes halogenated alkanes) is 32. The molecule has 11 nitrogen and oxygen atoms in total. The van der Waals surface area contributed by atoms with E-state index in [2.05, 4.69) is 31.1 Å². The van der Waals surface area contributed by atoms with Crippen LogP contribution in [0.15, 0.2) is 0 Å². The quantitative estimate of drug-likeness (QED) is 0.0400. The molecule has 0 aliphatic carbocycles. The van der Waals surface area contributed by atoms with Gasteiger partial charge in [-0.25, -0.2) is 0 Å². The molecule has 1 aliphatic rings. The fourth-order valence-corrected chi connectivity index (χ4v) is 9.70. The first kappa shape index (κ1) is 64.4. The predicted octanol–water partition coefficient (Wildman–Crippen LogP) is 13.2. The first-order valence-electron chi connectivity index (χ1n) is 29.0. The van der Waals surface area contributed by atoms with Crippen LogP contribution in [0.5, 0.6) is 0 Å². The molecule has 4 N–H and O–H groups in total. The molecule has 68 heavy (non-hydrogen) atoms. The zero-order valence-electron chi connectivity index (χ0n) is 44.9. The van der Waals surface area contributed by atoms with Crippen LogP contribution in [0.3, 0.4) is 0 Å². The van der Waals surface area contributed by atoms with Crippen molar-refractivity contribution in [3.8, 4) is 0 Å². The van der Waals surface area contributed by atoms with E-state index in [1.807, 2.05) is 0 Å². The number of aliphatic hydroxyl groups excluding tert-OH is 1. The van der Waals surface area contributed by atoms with Crippen molar-refractivity contribution < 1.29 is 38.4 Å². The Morgan fingerprint density at radius 2 is 1.07 bits per heavy atom. The van der Waals surface area contributed by atoms with E-state index in [0.717, 1.165) is 51.5 Å². The second-order valence-electron chi connectivity index (χ2n) is 20.9. The molecule has 0 spiro atoms. The van der Waals surface area contributed by atoms with E-state index in [0.29, 0.717) is 19.4 Å². The van der Waals surface area contributed by atoms with Crippen LogP contribution in [0.25, 0.3) is 0 Å². The summed E-state index contributed by atoms with van der Waals surface area (Å²) in [4.78, 5) is 37.1. The van der Waals surface area contributed by atoms with Crippen molar-refractivity contribution in [1.82, 2.24) is 10.2 Å². The highest BCUT2D eigenvalue weighted by Gasteiger charge is 2.40. The Morgan fingerprint density at radius 3 is 1.50 bits per heavy atom. The average molecular weight is 967 g/mol.